The van der Waals surface area contributed by atoms with Crippen molar-refractivity contribution in [3.63, 3.8) is 0 Å². The van der Waals surface area contributed by atoms with Crippen LogP contribution in [0.25, 0.3) is 0 Å². The van der Waals surface area contributed by atoms with Crippen LogP contribution < -0.4 is 5.73 Å². The van der Waals surface area contributed by atoms with Crippen LogP contribution in [0.2, 0.25) is 0 Å². The Labute approximate surface area is 117 Å². The summed E-state index contributed by atoms with van der Waals surface area (Å²) in [4.78, 5) is 15.3. The first-order valence-corrected chi connectivity index (χ1v) is 7.08. The van der Waals surface area contributed by atoms with Gasteiger partial charge in [-0.15, -0.1) is 11.3 Å². The highest BCUT2D eigenvalue weighted by Crippen LogP contribution is 2.21. The molecule has 19 heavy (non-hydrogen) atoms. The second kappa shape index (κ2) is 5.89. The quantitative estimate of drug-likeness (QED) is 0.871. The van der Waals surface area contributed by atoms with Crippen molar-refractivity contribution in [2.75, 3.05) is 12.8 Å². The Morgan fingerprint density at radius 1 is 1.37 bits per heavy atom. The van der Waals surface area contributed by atoms with Gasteiger partial charge in [0.15, 0.2) is 0 Å². The number of nitrogens with two attached hydrogens (primary N) is 1. The summed E-state index contributed by atoms with van der Waals surface area (Å²) in [5, 5.41) is 2.02. The molecule has 0 spiro atoms. The van der Waals surface area contributed by atoms with Crippen LogP contribution in [0.15, 0.2) is 41.8 Å². The van der Waals surface area contributed by atoms with Crippen LogP contribution in [-0.4, -0.2) is 17.9 Å². The van der Waals surface area contributed by atoms with Gasteiger partial charge in [0.2, 0.25) is 5.91 Å². The van der Waals surface area contributed by atoms with Crippen LogP contribution in [-0.2, 0) is 11.3 Å². The normalized spacial score (nSPS) is 12.1. The predicted octanol–water partition coefficient (Wildman–Crippen LogP) is 3.09. The molecular weight excluding hydrogens is 256 g/mol. The fourth-order valence-corrected chi connectivity index (χ4v) is 2.77. The molecular formula is C15H18N2OS. The average Bonchev–Trinajstić information content (AvgIpc) is 2.89. The molecule has 0 saturated carbocycles. The Hall–Kier alpha value is -1.81. The molecule has 0 fully saturated rings. The number of amides is 1. The highest BCUT2D eigenvalue weighted by molar-refractivity contribution is 7.09. The van der Waals surface area contributed by atoms with E-state index in [1.165, 1.54) is 4.88 Å². The molecule has 1 atom stereocenters. The summed E-state index contributed by atoms with van der Waals surface area (Å²) in [5.74, 6) is -0.0625. The van der Waals surface area contributed by atoms with E-state index in [-0.39, 0.29) is 11.8 Å². The molecule has 1 aromatic heterocycles. The molecule has 1 unspecified atom stereocenters. The molecule has 100 valence electrons. The fraction of sp³-hybridized carbons (Fsp3) is 0.267. The minimum absolute atomic E-state index is 0.110. The van der Waals surface area contributed by atoms with E-state index in [2.05, 4.69) is 0 Å². The van der Waals surface area contributed by atoms with Crippen LogP contribution in [0.4, 0.5) is 5.69 Å². The molecule has 2 aromatic rings. The van der Waals surface area contributed by atoms with Crippen molar-refractivity contribution < 1.29 is 4.79 Å². The number of benzene rings is 1. The molecule has 1 amide bonds. The fourth-order valence-electron chi connectivity index (χ4n) is 2.02. The Morgan fingerprint density at radius 2 is 2.16 bits per heavy atom. The molecule has 1 aromatic carbocycles. The number of nitrogens with zero attached hydrogens (tertiary/aromatic N) is 1. The summed E-state index contributed by atoms with van der Waals surface area (Å²) in [6.07, 6.45) is 0. The third-order valence-corrected chi connectivity index (χ3v) is 3.99. The van der Waals surface area contributed by atoms with Gasteiger partial charge in [0.25, 0.3) is 0 Å². The number of nitrogen functional groups attached to an aromatic ring is 1. The first kappa shape index (κ1) is 13.6. The third kappa shape index (κ3) is 3.35. The number of hydrogen-bond acceptors (Lipinski definition) is 3. The standard InChI is InChI=1S/C15H18N2OS/c1-11(12-5-3-6-13(16)9-12)15(18)17(2)10-14-7-4-8-19-14/h3-9,11H,10,16H2,1-2H3. The summed E-state index contributed by atoms with van der Waals surface area (Å²) in [6, 6.07) is 11.6. The lowest BCUT2D eigenvalue weighted by atomic mass is 9.99. The van der Waals surface area contributed by atoms with E-state index in [0.717, 1.165) is 5.56 Å². The lowest BCUT2D eigenvalue weighted by molar-refractivity contribution is -0.131. The highest BCUT2D eigenvalue weighted by atomic mass is 32.1. The van der Waals surface area contributed by atoms with Crippen LogP contribution in [0, 0.1) is 0 Å². The van der Waals surface area contributed by atoms with Crippen molar-refractivity contribution in [3.8, 4) is 0 Å². The summed E-state index contributed by atoms with van der Waals surface area (Å²) in [6.45, 7) is 2.57. The van der Waals surface area contributed by atoms with Gasteiger partial charge in [-0.2, -0.15) is 0 Å². The molecule has 1 heterocycles. The van der Waals surface area contributed by atoms with Crippen molar-refractivity contribution in [1.82, 2.24) is 4.90 Å². The topological polar surface area (TPSA) is 46.3 Å². The zero-order valence-corrected chi connectivity index (χ0v) is 12.0. The molecule has 2 rings (SSSR count). The van der Waals surface area contributed by atoms with E-state index in [0.29, 0.717) is 12.2 Å². The minimum atomic E-state index is -0.173. The number of rotatable bonds is 4. The molecule has 0 aliphatic carbocycles. The van der Waals surface area contributed by atoms with Gasteiger partial charge >= 0.3 is 0 Å². The Morgan fingerprint density at radius 3 is 2.79 bits per heavy atom. The number of likely N-dealkylation sites (N-methyl/N-ethyl adjacent to an activating group) is 1. The monoisotopic (exact) mass is 274 g/mol. The molecule has 2 N–H and O–H groups in total. The second-order valence-corrected chi connectivity index (χ2v) is 5.70. The van der Waals surface area contributed by atoms with Gasteiger partial charge in [0, 0.05) is 17.6 Å². The predicted molar refractivity (Wildman–Crippen MR) is 80.1 cm³/mol. The van der Waals surface area contributed by atoms with Gasteiger partial charge in [-0.1, -0.05) is 18.2 Å². The zero-order chi connectivity index (χ0) is 13.8. The lowest BCUT2D eigenvalue weighted by Gasteiger charge is -2.21. The minimum Gasteiger partial charge on any atom is -0.399 e. The SMILES string of the molecule is CC(C(=O)N(C)Cc1cccs1)c1cccc(N)c1. The van der Waals surface area contributed by atoms with E-state index in [1.807, 2.05) is 55.7 Å². The van der Waals surface area contributed by atoms with E-state index >= 15 is 0 Å². The van der Waals surface area contributed by atoms with Gasteiger partial charge in [-0.25, -0.2) is 0 Å². The van der Waals surface area contributed by atoms with Crippen molar-refractivity contribution in [3.05, 3.63) is 52.2 Å². The lowest BCUT2D eigenvalue weighted by Crippen LogP contribution is -2.29. The number of hydrogen-bond donors (Lipinski definition) is 1. The molecule has 0 bridgehead atoms. The Kier molecular flexibility index (Phi) is 4.22. The summed E-state index contributed by atoms with van der Waals surface area (Å²) < 4.78 is 0. The molecule has 0 radical (unpaired) electrons. The van der Waals surface area contributed by atoms with Gasteiger partial charge in [-0.05, 0) is 36.1 Å². The molecule has 0 saturated heterocycles. The van der Waals surface area contributed by atoms with Crippen LogP contribution in [0.1, 0.15) is 23.3 Å². The summed E-state index contributed by atoms with van der Waals surface area (Å²) in [5.41, 5.74) is 7.41. The van der Waals surface area contributed by atoms with Crippen molar-refractivity contribution >= 4 is 22.9 Å². The van der Waals surface area contributed by atoms with Crippen LogP contribution in [0.5, 0.6) is 0 Å². The van der Waals surface area contributed by atoms with Gasteiger partial charge in [0.1, 0.15) is 0 Å². The molecule has 3 nitrogen and oxygen atoms in total. The number of anilines is 1. The summed E-state index contributed by atoms with van der Waals surface area (Å²) in [7, 11) is 1.84. The molecule has 4 heteroatoms. The summed E-state index contributed by atoms with van der Waals surface area (Å²) >= 11 is 1.66. The average molecular weight is 274 g/mol. The van der Waals surface area contributed by atoms with E-state index in [4.69, 9.17) is 5.73 Å². The second-order valence-electron chi connectivity index (χ2n) is 4.67. The van der Waals surface area contributed by atoms with Crippen molar-refractivity contribution in [2.24, 2.45) is 0 Å². The van der Waals surface area contributed by atoms with E-state index in [9.17, 15) is 4.79 Å². The maximum Gasteiger partial charge on any atom is 0.229 e. The molecule has 0 aliphatic rings. The van der Waals surface area contributed by atoms with Crippen LogP contribution in [0.3, 0.4) is 0 Å². The first-order valence-electron chi connectivity index (χ1n) is 6.20. The molecule has 0 aliphatic heterocycles. The van der Waals surface area contributed by atoms with E-state index in [1.54, 1.807) is 16.2 Å². The maximum atomic E-state index is 12.4. The number of carbonyl (C=O) groups excluding carboxylic acids is 1. The van der Waals surface area contributed by atoms with Gasteiger partial charge in [-0.3, -0.25) is 4.79 Å². The van der Waals surface area contributed by atoms with Crippen LogP contribution >= 0.6 is 11.3 Å². The zero-order valence-electron chi connectivity index (χ0n) is 11.2. The first-order chi connectivity index (χ1) is 9.08. The Balaban J connectivity index is 2.06. The Bertz CT molecular complexity index is 551. The largest absolute Gasteiger partial charge is 0.399 e. The number of carbonyl (C=O) groups is 1. The van der Waals surface area contributed by atoms with Crippen molar-refractivity contribution in [2.45, 2.75) is 19.4 Å². The smallest absolute Gasteiger partial charge is 0.229 e. The van der Waals surface area contributed by atoms with E-state index < -0.39 is 0 Å². The highest BCUT2D eigenvalue weighted by Gasteiger charge is 2.19. The number of thiophene rings is 1. The third-order valence-electron chi connectivity index (χ3n) is 3.13. The van der Waals surface area contributed by atoms with Gasteiger partial charge in [0.05, 0.1) is 12.5 Å². The van der Waals surface area contributed by atoms with Gasteiger partial charge < -0.3 is 10.6 Å². The van der Waals surface area contributed by atoms with Crippen molar-refractivity contribution in [1.29, 1.82) is 0 Å². The maximum absolute atomic E-state index is 12.4.